The second-order valence-electron chi connectivity index (χ2n) is 5.14. The van der Waals surface area contributed by atoms with E-state index < -0.39 is 0 Å². The zero-order valence-corrected chi connectivity index (χ0v) is 11.5. The van der Waals surface area contributed by atoms with E-state index in [2.05, 4.69) is 18.0 Å². The van der Waals surface area contributed by atoms with Gasteiger partial charge in [0, 0.05) is 18.7 Å². The van der Waals surface area contributed by atoms with Gasteiger partial charge in [-0.05, 0) is 51.2 Å². The zero-order chi connectivity index (χ0) is 13.8. The Morgan fingerprint density at radius 3 is 2.74 bits per heavy atom. The Labute approximate surface area is 114 Å². The first kappa shape index (κ1) is 13.6. The molecule has 1 aliphatic rings. The van der Waals surface area contributed by atoms with Crippen LogP contribution in [0.1, 0.15) is 28.8 Å². The second-order valence-corrected chi connectivity index (χ2v) is 5.14. The summed E-state index contributed by atoms with van der Waals surface area (Å²) in [4.78, 5) is 16.5. The normalized spacial score (nSPS) is 16.9. The highest BCUT2D eigenvalue weighted by Gasteiger charge is 2.24. The highest BCUT2D eigenvalue weighted by atomic mass is 16.2. The molecule has 1 fully saturated rings. The van der Waals surface area contributed by atoms with E-state index in [1.54, 1.807) is 24.3 Å². The van der Waals surface area contributed by atoms with Gasteiger partial charge < -0.3 is 9.80 Å². The van der Waals surface area contributed by atoms with Crippen molar-refractivity contribution in [1.82, 2.24) is 9.80 Å². The van der Waals surface area contributed by atoms with Crippen LogP contribution in [0.25, 0.3) is 0 Å². The van der Waals surface area contributed by atoms with Gasteiger partial charge >= 0.3 is 0 Å². The molecule has 0 N–H and O–H groups in total. The fourth-order valence-electron chi connectivity index (χ4n) is 2.47. The quantitative estimate of drug-likeness (QED) is 0.810. The van der Waals surface area contributed by atoms with Crippen molar-refractivity contribution in [3.8, 4) is 6.07 Å². The Morgan fingerprint density at radius 2 is 2.11 bits per heavy atom. The van der Waals surface area contributed by atoms with Crippen LogP contribution in [0, 0.1) is 11.3 Å². The van der Waals surface area contributed by atoms with Gasteiger partial charge in [0.1, 0.15) is 0 Å². The summed E-state index contributed by atoms with van der Waals surface area (Å²) < 4.78 is 0. The molecule has 1 aromatic rings. The third-order valence-electron chi connectivity index (χ3n) is 3.79. The van der Waals surface area contributed by atoms with Crippen LogP contribution in [-0.4, -0.2) is 48.9 Å². The Kier molecular flexibility index (Phi) is 4.18. The van der Waals surface area contributed by atoms with Gasteiger partial charge in [-0.2, -0.15) is 5.26 Å². The number of piperidine rings is 1. The third-order valence-corrected chi connectivity index (χ3v) is 3.79. The van der Waals surface area contributed by atoms with Crippen molar-refractivity contribution in [3.05, 3.63) is 35.4 Å². The summed E-state index contributed by atoms with van der Waals surface area (Å²) in [6.07, 6.45) is 2.02. The summed E-state index contributed by atoms with van der Waals surface area (Å²) in [5, 5.41) is 8.88. The maximum atomic E-state index is 12.4. The first-order chi connectivity index (χ1) is 9.11. The second kappa shape index (κ2) is 5.85. The van der Waals surface area contributed by atoms with E-state index in [0.717, 1.165) is 25.9 Å². The standard InChI is InChI=1S/C15H19N3O/c1-17-8-6-14(7-9-17)18(2)15(19)13-5-3-4-12(10-13)11-16/h3-5,10,14H,6-9H2,1-2H3. The van der Waals surface area contributed by atoms with Gasteiger partial charge in [-0.25, -0.2) is 0 Å². The number of nitriles is 1. The molecule has 4 heteroatoms. The van der Waals surface area contributed by atoms with Crippen molar-refractivity contribution in [1.29, 1.82) is 5.26 Å². The molecule has 1 heterocycles. The smallest absolute Gasteiger partial charge is 0.253 e. The summed E-state index contributed by atoms with van der Waals surface area (Å²) in [5.74, 6) is 0.00616. The van der Waals surface area contributed by atoms with Crippen LogP contribution < -0.4 is 0 Å². The van der Waals surface area contributed by atoms with Gasteiger partial charge in [-0.3, -0.25) is 4.79 Å². The Morgan fingerprint density at radius 1 is 1.42 bits per heavy atom. The molecule has 1 saturated heterocycles. The molecule has 1 aromatic carbocycles. The van der Waals surface area contributed by atoms with E-state index >= 15 is 0 Å². The SMILES string of the molecule is CN1CCC(N(C)C(=O)c2cccc(C#N)c2)CC1. The van der Waals surface area contributed by atoms with Gasteiger partial charge in [0.15, 0.2) is 0 Å². The van der Waals surface area contributed by atoms with Gasteiger partial charge in [-0.1, -0.05) is 6.07 Å². The molecule has 4 nitrogen and oxygen atoms in total. The Bertz CT molecular complexity index is 498. The average molecular weight is 257 g/mol. The topological polar surface area (TPSA) is 47.3 Å². The zero-order valence-electron chi connectivity index (χ0n) is 11.5. The number of carbonyl (C=O) groups is 1. The number of likely N-dealkylation sites (tertiary alicyclic amines) is 1. The number of benzene rings is 1. The molecule has 0 aromatic heterocycles. The van der Waals surface area contributed by atoms with E-state index in [9.17, 15) is 4.79 Å². The minimum atomic E-state index is 0.00616. The fraction of sp³-hybridized carbons (Fsp3) is 0.467. The van der Waals surface area contributed by atoms with Crippen molar-refractivity contribution < 1.29 is 4.79 Å². The fourth-order valence-corrected chi connectivity index (χ4v) is 2.47. The number of amides is 1. The molecule has 0 unspecified atom stereocenters. The molecule has 0 bridgehead atoms. The first-order valence-electron chi connectivity index (χ1n) is 6.57. The van der Waals surface area contributed by atoms with Crippen LogP contribution >= 0.6 is 0 Å². The molecular formula is C15H19N3O. The van der Waals surface area contributed by atoms with Crippen molar-refractivity contribution in [2.24, 2.45) is 0 Å². The van der Waals surface area contributed by atoms with E-state index in [4.69, 9.17) is 5.26 Å². The molecular weight excluding hydrogens is 238 g/mol. The van der Waals surface area contributed by atoms with Crippen LogP contribution in [0.15, 0.2) is 24.3 Å². The van der Waals surface area contributed by atoms with Crippen molar-refractivity contribution >= 4 is 5.91 Å². The van der Waals surface area contributed by atoms with Crippen LogP contribution in [0.5, 0.6) is 0 Å². The maximum absolute atomic E-state index is 12.4. The third kappa shape index (κ3) is 3.12. The average Bonchev–Trinajstić information content (AvgIpc) is 2.46. The Hall–Kier alpha value is -1.86. The number of hydrogen-bond donors (Lipinski definition) is 0. The summed E-state index contributed by atoms with van der Waals surface area (Å²) in [6, 6.07) is 9.28. The molecule has 2 rings (SSSR count). The largest absolute Gasteiger partial charge is 0.339 e. The first-order valence-corrected chi connectivity index (χ1v) is 6.57. The van der Waals surface area contributed by atoms with E-state index in [0.29, 0.717) is 17.2 Å². The predicted molar refractivity (Wildman–Crippen MR) is 73.8 cm³/mol. The summed E-state index contributed by atoms with van der Waals surface area (Å²) in [5.41, 5.74) is 1.13. The molecule has 0 saturated carbocycles. The van der Waals surface area contributed by atoms with Crippen LogP contribution in [-0.2, 0) is 0 Å². The maximum Gasteiger partial charge on any atom is 0.253 e. The number of carbonyl (C=O) groups excluding carboxylic acids is 1. The van der Waals surface area contributed by atoms with E-state index in [1.807, 2.05) is 11.9 Å². The van der Waals surface area contributed by atoms with Crippen molar-refractivity contribution in [2.75, 3.05) is 27.2 Å². The van der Waals surface area contributed by atoms with E-state index in [1.165, 1.54) is 0 Å². The molecule has 0 aliphatic carbocycles. The Balaban J connectivity index is 2.08. The summed E-state index contributed by atoms with van der Waals surface area (Å²) in [6.45, 7) is 2.06. The lowest BCUT2D eigenvalue weighted by Crippen LogP contribution is -2.44. The molecule has 0 radical (unpaired) electrons. The van der Waals surface area contributed by atoms with Gasteiger partial charge in [0.25, 0.3) is 5.91 Å². The predicted octanol–water partition coefficient (Wildman–Crippen LogP) is 1.72. The summed E-state index contributed by atoms with van der Waals surface area (Å²) >= 11 is 0. The molecule has 19 heavy (non-hydrogen) atoms. The van der Waals surface area contributed by atoms with Crippen LogP contribution in [0.3, 0.4) is 0 Å². The molecule has 1 amide bonds. The number of hydrogen-bond acceptors (Lipinski definition) is 3. The highest BCUT2D eigenvalue weighted by Crippen LogP contribution is 2.17. The highest BCUT2D eigenvalue weighted by molar-refractivity contribution is 5.94. The number of nitrogens with zero attached hydrogens (tertiary/aromatic N) is 3. The summed E-state index contributed by atoms with van der Waals surface area (Å²) in [7, 11) is 3.96. The molecule has 100 valence electrons. The van der Waals surface area contributed by atoms with Gasteiger partial charge in [0.2, 0.25) is 0 Å². The lowest BCUT2D eigenvalue weighted by molar-refractivity contribution is 0.0659. The van der Waals surface area contributed by atoms with Crippen LogP contribution in [0.4, 0.5) is 0 Å². The minimum absolute atomic E-state index is 0.00616. The lowest BCUT2D eigenvalue weighted by Gasteiger charge is -2.35. The molecule has 0 atom stereocenters. The van der Waals surface area contributed by atoms with Crippen molar-refractivity contribution in [2.45, 2.75) is 18.9 Å². The van der Waals surface area contributed by atoms with Crippen LogP contribution in [0.2, 0.25) is 0 Å². The minimum Gasteiger partial charge on any atom is -0.339 e. The van der Waals surface area contributed by atoms with Crippen molar-refractivity contribution in [3.63, 3.8) is 0 Å². The molecule has 1 aliphatic heterocycles. The van der Waals surface area contributed by atoms with E-state index in [-0.39, 0.29) is 5.91 Å². The lowest BCUT2D eigenvalue weighted by atomic mass is 10.0. The number of rotatable bonds is 2. The van der Waals surface area contributed by atoms with Gasteiger partial charge in [-0.15, -0.1) is 0 Å². The monoisotopic (exact) mass is 257 g/mol. The van der Waals surface area contributed by atoms with Gasteiger partial charge in [0.05, 0.1) is 11.6 Å². The molecule has 0 spiro atoms.